The highest BCUT2D eigenvalue weighted by molar-refractivity contribution is 6.18. The average Bonchev–Trinajstić information content (AvgIpc) is 2.78. The zero-order chi connectivity index (χ0) is 21.5. The summed E-state index contributed by atoms with van der Waals surface area (Å²) in [6.45, 7) is 8.78. The van der Waals surface area contributed by atoms with Crippen molar-refractivity contribution in [2.24, 2.45) is 0 Å². The molecule has 0 aliphatic carbocycles. The number of benzene rings is 3. The van der Waals surface area contributed by atoms with Crippen molar-refractivity contribution in [2.75, 3.05) is 4.90 Å². The molecule has 0 saturated heterocycles. The van der Waals surface area contributed by atoms with Crippen LogP contribution in [0.4, 0.5) is 17.1 Å². The van der Waals surface area contributed by atoms with Gasteiger partial charge in [0.05, 0.1) is 0 Å². The summed E-state index contributed by atoms with van der Waals surface area (Å²) in [5, 5.41) is 0. The van der Waals surface area contributed by atoms with Crippen LogP contribution in [0.3, 0.4) is 0 Å². The number of nitrogens with zero attached hydrogens (tertiary/aromatic N) is 1. The van der Waals surface area contributed by atoms with Gasteiger partial charge >= 0.3 is 0 Å². The summed E-state index contributed by atoms with van der Waals surface area (Å²) in [6, 6.07) is 27.4. The van der Waals surface area contributed by atoms with E-state index < -0.39 is 0 Å². The van der Waals surface area contributed by atoms with Crippen LogP contribution in [0.15, 0.2) is 121 Å². The van der Waals surface area contributed by atoms with Gasteiger partial charge in [-0.2, -0.15) is 0 Å². The third-order valence-electron chi connectivity index (χ3n) is 4.70. The molecule has 0 heterocycles. The smallest absolute Gasteiger partial charge is 0.193 e. The van der Waals surface area contributed by atoms with Gasteiger partial charge in [-0.15, -0.1) is 0 Å². The quantitative estimate of drug-likeness (QED) is 0.246. The minimum Gasteiger partial charge on any atom is -0.311 e. The van der Waals surface area contributed by atoms with E-state index in [9.17, 15) is 9.59 Å². The fraction of sp³-hybridized carbons (Fsp3) is 0.0370. The minimum atomic E-state index is -0.257. The van der Waals surface area contributed by atoms with Crippen LogP contribution < -0.4 is 4.90 Å². The van der Waals surface area contributed by atoms with Crippen molar-refractivity contribution in [3.63, 3.8) is 0 Å². The van der Waals surface area contributed by atoms with E-state index in [1.165, 1.54) is 19.1 Å². The van der Waals surface area contributed by atoms with Crippen molar-refractivity contribution in [3.05, 3.63) is 127 Å². The molecule has 0 aromatic heterocycles. The van der Waals surface area contributed by atoms with E-state index in [2.05, 4.69) is 18.1 Å². The van der Waals surface area contributed by atoms with Crippen molar-refractivity contribution in [2.45, 2.75) is 6.92 Å². The van der Waals surface area contributed by atoms with Gasteiger partial charge in [0.15, 0.2) is 11.6 Å². The summed E-state index contributed by atoms with van der Waals surface area (Å²) in [5.74, 6) is -0.500. The highest BCUT2D eigenvalue weighted by Gasteiger charge is 2.18. The van der Waals surface area contributed by atoms with E-state index in [1.54, 1.807) is 12.1 Å². The molecule has 0 amide bonds. The number of carbonyl (C=O) groups is 2. The van der Waals surface area contributed by atoms with Gasteiger partial charge in [0, 0.05) is 33.8 Å². The van der Waals surface area contributed by atoms with Crippen LogP contribution >= 0.6 is 0 Å². The molecule has 0 fully saturated rings. The highest BCUT2D eigenvalue weighted by Crippen LogP contribution is 2.34. The molecule has 3 heteroatoms. The fourth-order valence-electron chi connectivity index (χ4n) is 3.14. The summed E-state index contributed by atoms with van der Waals surface area (Å²) in [7, 11) is 0. The summed E-state index contributed by atoms with van der Waals surface area (Å²) in [5.41, 5.74) is 3.87. The molecule has 0 spiro atoms. The topological polar surface area (TPSA) is 37.4 Å². The molecule has 0 aliphatic heterocycles. The molecule has 30 heavy (non-hydrogen) atoms. The largest absolute Gasteiger partial charge is 0.311 e. The molecule has 0 N–H and O–H groups in total. The molecule has 3 aromatic carbocycles. The number of hydrogen-bond acceptors (Lipinski definition) is 3. The van der Waals surface area contributed by atoms with Gasteiger partial charge in [-0.05, 0) is 55.5 Å². The molecule has 0 bridgehead atoms. The predicted octanol–water partition coefficient (Wildman–Crippen LogP) is 6.60. The van der Waals surface area contributed by atoms with Crippen molar-refractivity contribution >= 4 is 28.6 Å². The van der Waals surface area contributed by atoms with Gasteiger partial charge in [0.2, 0.25) is 0 Å². The summed E-state index contributed by atoms with van der Waals surface area (Å²) in [6.07, 6.45) is 3.02. The third kappa shape index (κ3) is 4.53. The molecule has 0 unspecified atom stereocenters. The number of rotatable bonds is 8. The molecule has 148 valence electrons. The lowest BCUT2D eigenvalue weighted by molar-refractivity contribution is -0.113. The number of Topliss-reactive ketones (excluding diaryl/α,β-unsaturated/α-hetero) is 2. The van der Waals surface area contributed by atoms with E-state index in [1.807, 2.05) is 72.8 Å². The third-order valence-corrected chi connectivity index (χ3v) is 4.70. The van der Waals surface area contributed by atoms with Crippen molar-refractivity contribution in [3.8, 4) is 0 Å². The Morgan fingerprint density at radius 2 is 1.23 bits per heavy atom. The molecule has 0 radical (unpaired) electrons. The first-order valence-corrected chi connectivity index (χ1v) is 9.61. The minimum absolute atomic E-state index is 0.180. The molecule has 0 saturated carbocycles. The second kappa shape index (κ2) is 9.48. The Hall–Kier alpha value is -3.98. The Morgan fingerprint density at radius 3 is 1.67 bits per heavy atom. The van der Waals surface area contributed by atoms with Crippen LogP contribution in [0.2, 0.25) is 0 Å². The first-order valence-electron chi connectivity index (χ1n) is 9.61. The second-order valence-corrected chi connectivity index (χ2v) is 6.73. The Kier molecular flexibility index (Phi) is 6.56. The lowest BCUT2D eigenvalue weighted by Crippen LogP contribution is -2.12. The maximum absolute atomic E-state index is 13.0. The van der Waals surface area contributed by atoms with E-state index in [4.69, 9.17) is 0 Å². The second-order valence-electron chi connectivity index (χ2n) is 6.73. The summed E-state index contributed by atoms with van der Waals surface area (Å²) >= 11 is 0. The predicted molar refractivity (Wildman–Crippen MR) is 124 cm³/mol. The number of carbonyl (C=O) groups excluding carboxylic acids is 2. The normalized spacial score (nSPS) is 10.9. The van der Waals surface area contributed by atoms with Gasteiger partial charge < -0.3 is 4.90 Å². The standard InChI is InChI=1S/C27H23NO2/c1-4-11-26(20(2)21(3)29)27(30)22-16-18-25(19-17-22)28(23-12-7-5-8-13-23)24-14-9-6-10-15-24/h4-19H,1-2H2,3H3/b26-11+. The number of ketones is 2. The first kappa shape index (κ1) is 20.7. The van der Waals surface area contributed by atoms with E-state index in [-0.39, 0.29) is 22.7 Å². The number of hydrogen-bond donors (Lipinski definition) is 0. The SMILES string of the molecule is C=C/C=C(\C(=C)C(C)=O)C(=O)c1ccc(N(c2ccccc2)c2ccccc2)cc1. The molecule has 0 aliphatic rings. The number of para-hydroxylation sites is 2. The molecular formula is C27H23NO2. The number of anilines is 3. The van der Waals surface area contributed by atoms with E-state index in [0.29, 0.717) is 5.56 Å². The van der Waals surface area contributed by atoms with Crippen molar-refractivity contribution in [1.82, 2.24) is 0 Å². The first-order chi connectivity index (χ1) is 14.5. The Labute approximate surface area is 177 Å². The zero-order valence-corrected chi connectivity index (χ0v) is 16.9. The maximum atomic E-state index is 13.0. The van der Waals surface area contributed by atoms with Crippen LogP contribution in [-0.4, -0.2) is 11.6 Å². The molecule has 0 atom stereocenters. The van der Waals surface area contributed by atoms with Crippen LogP contribution in [0.1, 0.15) is 17.3 Å². The van der Waals surface area contributed by atoms with E-state index >= 15 is 0 Å². The zero-order valence-electron chi connectivity index (χ0n) is 16.9. The fourth-order valence-corrected chi connectivity index (χ4v) is 3.14. The molecule has 3 nitrogen and oxygen atoms in total. The van der Waals surface area contributed by atoms with Gasteiger partial charge in [-0.1, -0.05) is 61.7 Å². The molecule has 3 aromatic rings. The van der Waals surface area contributed by atoms with Crippen molar-refractivity contribution < 1.29 is 9.59 Å². The monoisotopic (exact) mass is 393 g/mol. The molecular weight excluding hydrogens is 370 g/mol. The lowest BCUT2D eigenvalue weighted by Gasteiger charge is -2.25. The van der Waals surface area contributed by atoms with Gasteiger partial charge in [-0.25, -0.2) is 0 Å². The Bertz CT molecular complexity index is 1060. The van der Waals surface area contributed by atoms with Crippen LogP contribution in [0.5, 0.6) is 0 Å². The van der Waals surface area contributed by atoms with Gasteiger partial charge in [-0.3, -0.25) is 9.59 Å². The van der Waals surface area contributed by atoms with Gasteiger partial charge in [0.25, 0.3) is 0 Å². The van der Waals surface area contributed by atoms with E-state index in [0.717, 1.165) is 17.1 Å². The number of allylic oxidation sites excluding steroid dienone is 4. The summed E-state index contributed by atoms with van der Waals surface area (Å²) in [4.78, 5) is 26.8. The maximum Gasteiger partial charge on any atom is 0.193 e. The Morgan fingerprint density at radius 1 is 0.767 bits per heavy atom. The Balaban J connectivity index is 1.99. The molecule has 3 rings (SSSR count). The van der Waals surface area contributed by atoms with Crippen LogP contribution in [0.25, 0.3) is 0 Å². The average molecular weight is 393 g/mol. The van der Waals surface area contributed by atoms with Gasteiger partial charge in [0.1, 0.15) is 0 Å². The van der Waals surface area contributed by atoms with Crippen molar-refractivity contribution in [1.29, 1.82) is 0 Å². The van der Waals surface area contributed by atoms with Crippen LogP contribution in [0, 0.1) is 0 Å². The summed E-state index contributed by atoms with van der Waals surface area (Å²) < 4.78 is 0. The highest BCUT2D eigenvalue weighted by atomic mass is 16.1. The lowest BCUT2D eigenvalue weighted by atomic mass is 9.95. The van der Waals surface area contributed by atoms with Crippen LogP contribution in [-0.2, 0) is 4.79 Å².